The highest BCUT2D eigenvalue weighted by atomic mass is 32.2. The number of nitrogens with zero attached hydrogens (tertiary/aromatic N) is 1. The molecule has 1 heterocycles. The number of quaternary nitrogens is 1. The predicted molar refractivity (Wildman–Crippen MR) is 93.3 cm³/mol. The van der Waals surface area contributed by atoms with Crippen LogP contribution in [0.1, 0.15) is 12.5 Å². The molecular formula is C17H26N3O3S+. The van der Waals surface area contributed by atoms with Crippen molar-refractivity contribution in [1.82, 2.24) is 9.62 Å². The van der Waals surface area contributed by atoms with Crippen LogP contribution in [0.3, 0.4) is 0 Å². The van der Waals surface area contributed by atoms with E-state index in [-0.39, 0.29) is 11.9 Å². The normalized spacial score (nSPS) is 18.1. The van der Waals surface area contributed by atoms with E-state index < -0.39 is 10.0 Å². The Morgan fingerprint density at radius 3 is 2.46 bits per heavy atom. The number of benzene rings is 1. The van der Waals surface area contributed by atoms with Crippen molar-refractivity contribution in [2.24, 2.45) is 0 Å². The summed E-state index contributed by atoms with van der Waals surface area (Å²) in [6.45, 7) is 9.91. The second-order valence-corrected chi connectivity index (χ2v) is 8.07. The maximum absolute atomic E-state index is 12.7. The molecule has 2 N–H and O–H groups in total. The molecule has 1 amide bonds. The van der Waals surface area contributed by atoms with Gasteiger partial charge in [0.25, 0.3) is 5.91 Å². The van der Waals surface area contributed by atoms with E-state index >= 15 is 0 Å². The van der Waals surface area contributed by atoms with Gasteiger partial charge in [-0.3, -0.25) is 4.79 Å². The number of aryl methyl sites for hydroxylation is 1. The first-order valence-corrected chi connectivity index (χ1v) is 9.60. The molecule has 0 unspecified atom stereocenters. The molecule has 1 aromatic carbocycles. The molecule has 1 aromatic rings. The number of hydrogen-bond acceptors (Lipinski definition) is 3. The summed E-state index contributed by atoms with van der Waals surface area (Å²) in [5.41, 5.74) is 1.03. The van der Waals surface area contributed by atoms with Crippen LogP contribution in [-0.2, 0) is 14.8 Å². The van der Waals surface area contributed by atoms with E-state index in [4.69, 9.17) is 0 Å². The van der Waals surface area contributed by atoms with E-state index in [1.165, 1.54) is 4.31 Å². The highest BCUT2D eigenvalue weighted by molar-refractivity contribution is 7.89. The minimum absolute atomic E-state index is 0.0280. The van der Waals surface area contributed by atoms with Crippen molar-refractivity contribution in [3.63, 3.8) is 0 Å². The average molecular weight is 352 g/mol. The van der Waals surface area contributed by atoms with Crippen LogP contribution in [0.25, 0.3) is 0 Å². The molecule has 0 saturated carbocycles. The van der Waals surface area contributed by atoms with Crippen LogP contribution in [0.15, 0.2) is 41.8 Å². The first-order valence-electron chi connectivity index (χ1n) is 8.16. The second-order valence-electron chi connectivity index (χ2n) is 6.13. The quantitative estimate of drug-likeness (QED) is 0.683. The van der Waals surface area contributed by atoms with Crippen molar-refractivity contribution in [3.05, 3.63) is 42.5 Å². The number of nitrogens with one attached hydrogen (secondary N) is 2. The van der Waals surface area contributed by atoms with Gasteiger partial charge >= 0.3 is 0 Å². The van der Waals surface area contributed by atoms with Crippen molar-refractivity contribution in [2.75, 3.05) is 32.7 Å². The Bertz CT molecular complexity index is 678. The summed E-state index contributed by atoms with van der Waals surface area (Å²) in [5, 5.41) is 2.79. The molecule has 1 aliphatic rings. The number of amides is 1. The maximum atomic E-state index is 12.7. The van der Waals surface area contributed by atoms with Crippen LogP contribution in [0.5, 0.6) is 0 Å². The average Bonchev–Trinajstić information content (AvgIpc) is 2.59. The molecule has 132 valence electrons. The summed E-state index contributed by atoms with van der Waals surface area (Å²) in [5.74, 6) is -0.0280. The Hall–Kier alpha value is -1.70. The van der Waals surface area contributed by atoms with Gasteiger partial charge in [0.05, 0.1) is 31.1 Å². The van der Waals surface area contributed by atoms with Gasteiger partial charge in [-0.2, -0.15) is 4.31 Å². The molecule has 0 aliphatic carbocycles. The Labute approximate surface area is 144 Å². The van der Waals surface area contributed by atoms with Crippen molar-refractivity contribution < 1.29 is 18.1 Å². The number of rotatable bonds is 6. The lowest BCUT2D eigenvalue weighted by Crippen LogP contribution is -3.19. The molecule has 1 atom stereocenters. The van der Waals surface area contributed by atoms with Gasteiger partial charge in [-0.05, 0) is 26.0 Å². The Kier molecular flexibility index (Phi) is 6.15. The summed E-state index contributed by atoms with van der Waals surface area (Å²) in [6, 6.07) is 6.71. The molecule has 1 saturated heterocycles. The fraction of sp³-hybridized carbons (Fsp3) is 0.471. The lowest BCUT2D eigenvalue weighted by atomic mass is 10.2. The summed E-state index contributed by atoms with van der Waals surface area (Å²) >= 11 is 0. The monoisotopic (exact) mass is 352 g/mol. The van der Waals surface area contributed by atoms with Crippen molar-refractivity contribution in [3.8, 4) is 0 Å². The van der Waals surface area contributed by atoms with E-state index in [1.54, 1.807) is 30.3 Å². The number of piperazine rings is 1. The summed E-state index contributed by atoms with van der Waals surface area (Å²) < 4.78 is 26.9. The van der Waals surface area contributed by atoms with Gasteiger partial charge in [-0.15, -0.1) is 6.58 Å². The topological polar surface area (TPSA) is 70.9 Å². The van der Waals surface area contributed by atoms with Crippen LogP contribution >= 0.6 is 0 Å². The predicted octanol–water partition coefficient (Wildman–Crippen LogP) is -0.425. The SMILES string of the molecule is C=CCNC(=O)[C@@H](C)[NH+]1CCN(S(=O)(=O)c2ccc(C)cc2)CC1. The van der Waals surface area contributed by atoms with Crippen LogP contribution in [-0.4, -0.2) is 57.4 Å². The number of sulfonamides is 1. The molecule has 0 spiro atoms. The summed E-state index contributed by atoms with van der Waals surface area (Å²) in [4.78, 5) is 13.5. The van der Waals surface area contributed by atoms with Crippen LogP contribution in [0.4, 0.5) is 0 Å². The van der Waals surface area contributed by atoms with Crippen LogP contribution in [0.2, 0.25) is 0 Å². The minimum Gasteiger partial charge on any atom is -0.347 e. The van der Waals surface area contributed by atoms with Crippen molar-refractivity contribution in [1.29, 1.82) is 0 Å². The Morgan fingerprint density at radius 1 is 1.33 bits per heavy atom. The van der Waals surface area contributed by atoms with Gasteiger partial charge in [-0.25, -0.2) is 8.42 Å². The molecule has 1 fully saturated rings. The zero-order valence-corrected chi connectivity index (χ0v) is 15.1. The van der Waals surface area contributed by atoms with Gasteiger partial charge < -0.3 is 10.2 Å². The first-order chi connectivity index (χ1) is 11.4. The van der Waals surface area contributed by atoms with Crippen LogP contribution in [0, 0.1) is 6.92 Å². The third kappa shape index (κ3) is 4.23. The molecule has 1 aliphatic heterocycles. The molecule has 0 aromatic heterocycles. The third-order valence-corrected chi connectivity index (χ3v) is 6.36. The van der Waals surface area contributed by atoms with Crippen molar-refractivity contribution in [2.45, 2.75) is 24.8 Å². The van der Waals surface area contributed by atoms with Crippen LogP contribution < -0.4 is 10.2 Å². The lowest BCUT2D eigenvalue weighted by Gasteiger charge is -2.34. The minimum atomic E-state index is -3.46. The largest absolute Gasteiger partial charge is 0.347 e. The number of carbonyl (C=O) groups is 1. The molecule has 7 heteroatoms. The zero-order chi connectivity index (χ0) is 17.7. The third-order valence-electron chi connectivity index (χ3n) is 4.45. The second kappa shape index (κ2) is 7.92. The maximum Gasteiger partial charge on any atom is 0.278 e. The van der Waals surface area contributed by atoms with E-state index in [0.717, 1.165) is 10.5 Å². The smallest absolute Gasteiger partial charge is 0.278 e. The zero-order valence-electron chi connectivity index (χ0n) is 14.3. The van der Waals surface area contributed by atoms with Crippen molar-refractivity contribution >= 4 is 15.9 Å². The fourth-order valence-corrected chi connectivity index (χ4v) is 4.26. The first kappa shape index (κ1) is 18.6. The molecule has 0 radical (unpaired) electrons. The van der Waals surface area contributed by atoms with Gasteiger partial charge in [-0.1, -0.05) is 23.8 Å². The van der Waals surface area contributed by atoms with E-state index in [0.29, 0.717) is 37.6 Å². The van der Waals surface area contributed by atoms with Gasteiger partial charge in [0.15, 0.2) is 6.04 Å². The molecule has 24 heavy (non-hydrogen) atoms. The summed E-state index contributed by atoms with van der Waals surface area (Å²) in [6.07, 6.45) is 1.64. The Morgan fingerprint density at radius 2 is 1.92 bits per heavy atom. The van der Waals surface area contributed by atoms with Gasteiger partial charge in [0.2, 0.25) is 10.0 Å². The summed E-state index contributed by atoms with van der Waals surface area (Å²) in [7, 11) is -3.46. The lowest BCUT2D eigenvalue weighted by molar-refractivity contribution is -0.917. The standard InChI is InChI=1S/C17H25N3O3S/c1-4-9-18-17(21)15(3)19-10-12-20(13-11-19)24(22,23)16-7-5-14(2)6-8-16/h4-8,15H,1,9-13H2,2-3H3,(H,18,21)/p+1/t15-/m1/s1. The molecule has 2 rings (SSSR count). The van der Waals surface area contributed by atoms with E-state index in [9.17, 15) is 13.2 Å². The number of carbonyl (C=O) groups excluding carboxylic acids is 1. The highest BCUT2D eigenvalue weighted by Crippen LogP contribution is 2.16. The molecular weight excluding hydrogens is 326 g/mol. The molecule has 6 nitrogen and oxygen atoms in total. The molecule has 0 bridgehead atoms. The van der Waals surface area contributed by atoms with Gasteiger partial charge in [0, 0.05) is 6.54 Å². The fourth-order valence-electron chi connectivity index (χ4n) is 2.82. The Balaban J connectivity index is 1.98. The van der Waals surface area contributed by atoms with E-state index in [1.807, 2.05) is 13.8 Å². The van der Waals surface area contributed by atoms with Gasteiger partial charge in [0.1, 0.15) is 0 Å². The number of hydrogen-bond donors (Lipinski definition) is 2. The highest BCUT2D eigenvalue weighted by Gasteiger charge is 2.34. The van der Waals surface area contributed by atoms with E-state index in [2.05, 4.69) is 11.9 Å².